The van der Waals surface area contributed by atoms with Gasteiger partial charge in [-0.05, 0) is 19.3 Å². The molecule has 0 aliphatic rings. The molecule has 0 bridgehead atoms. The fraction of sp³-hybridized carbons (Fsp3) is 0.769. The highest BCUT2D eigenvalue weighted by molar-refractivity contribution is 7.99. The lowest BCUT2D eigenvalue weighted by Gasteiger charge is -2.14. The lowest BCUT2D eigenvalue weighted by Crippen LogP contribution is -2.34. The SMILES string of the molecule is CC(C)CCCC(C)NC(=O)CSc1nnc(C(F)(F)F)n1N. The lowest BCUT2D eigenvalue weighted by molar-refractivity contribution is -0.146. The molecule has 10 heteroatoms. The number of carbonyl (C=O) groups excluding carboxylic acids is 1. The summed E-state index contributed by atoms with van der Waals surface area (Å²) in [6, 6.07) is 0.0170. The van der Waals surface area contributed by atoms with Gasteiger partial charge < -0.3 is 11.2 Å². The highest BCUT2D eigenvalue weighted by Crippen LogP contribution is 2.28. The van der Waals surface area contributed by atoms with Crippen LogP contribution in [0.15, 0.2) is 5.16 Å². The topological polar surface area (TPSA) is 85.8 Å². The molecule has 132 valence electrons. The summed E-state index contributed by atoms with van der Waals surface area (Å²) in [6.45, 7) is 6.17. The Kier molecular flexibility index (Phi) is 7.17. The Balaban J connectivity index is 2.40. The van der Waals surface area contributed by atoms with Gasteiger partial charge >= 0.3 is 6.18 Å². The van der Waals surface area contributed by atoms with Gasteiger partial charge in [0, 0.05) is 6.04 Å². The molecule has 0 aliphatic heterocycles. The van der Waals surface area contributed by atoms with Gasteiger partial charge in [0.2, 0.25) is 11.1 Å². The normalized spacial score (nSPS) is 13.3. The van der Waals surface area contributed by atoms with Crippen LogP contribution in [0.1, 0.15) is 45.9 Å². The molecule has 0 fully saturated rings. The maximum Gasteiger partial charge on any atom is 0.453 e. The fourth-order valence-corrected chi connectivity index (χ4v) is 2.59. The number of nitrogens with one attached hydrogen (secondary N) is 1. The van der Waals surface area contributed by atoms with Gasteiger partial charge in [0.15, 0.2) is 0 Å². The predicted molar refractivity (Wildman–Crippen MR) is 82.2 cm³/mol. The molecule has 3 N–H and O–H groups in total. The highest BCUT2D eigenvalue weighted by atomic mass is 32.2. The molecule has 1 aromatic heterocycles. The van der Waals surface area contributed by atoms with Crippen molar-refractivity contribution in [1.29, 1.82) is 0 Å². The largest absolute Gasteiger partial charge is 0.453 e. The van der Waals surface area contributed by atoms with Crippen LogP contribution in [0.25, 0.3) is 0 Å². The van der Waals surface area contributed by atoms with E-state index in [-0.39, 0.29) is 22.9 Å². The fourth-order valence-electron chi connectivity index (χ4n) is 1.92. The van der Waals surface area contributed by atoms with E-state index in [1.165, 1.54) is 0 Å². The van der Waals surface area contributed by atoms with Gasteiger partial charge in [-0.1, -0.05) is 38.5 Å². The van der Waals surface area contributed by atoms with E-state index >= 15 is 0 Å². The first kappa shape index (κ1) is 19.6. The van der Waals surface area contributed by atoms with Gasteiger partial charge in [0.25, 0.3) is 5.82 Å². The zero-order chi connectivity index (χ0) is 17.6. The molecule has 0 saturated heterocycles. The average Bonchev–Trinajstić information content (AvgIpc) is 2.77. The molecule has 6 nitrogen and oxygen atoms in total. The molecule has 1 unspecified atom stereocenters. The van der Waals surface area contributed by atoms with Crippen LogP contribution in [-0.4, -0.2) is 32.6 Å². The zero-order valence-corrected chi connectivity index (χ0v) is 14.2. The summed E-state index contributed by atoms with van der Waals surface area (Å²) in [7, 11) is 0. The molecule has 0 aromatic carbocycles. The van der Waals surface area contributed by atoms with Gasteiger partial charge in [-0.15, -0.1) is 10.2 Å². The van der Waals surface area contributed by atoms with E-state index in [0.29, 0.717) is 10.6 Å². The number of alkyl halides is 3. The van der Waals surface area contributed by atoms with Gasteiger partial charge in [0.05, 0.1) is 5.75 Å². The predicted octanol–water partition coefficient (Wildman–Crippen LogP) is 2.43. The molecule has 23 heavy (non-hydrogen) atoms. The maximum absolute atomic E-state index is 12.5. The Morgan fingerprint density at radius 3 is 2.48 bits per heavy atom. The van der Waals surface area contributed by atoms with Crippen molar-refractivity contribution >= 4 is 17.7 Å². The first-order chi connectivity index (χ1) is 10.6. The second kappa shape index (κ2) is 8.42. The van der Waals surface area contributed by atoms with Crippen molar-refractivity contribution in [3.05, 3.63) is 5.82 Å². The number of hydrogen-bond acceptors (Lipinski definition) is 5. The van der Waals surface area contributed by atoms with E-state index in [1.807, 2.05) is 6.92 Å². The zero-order valence-electron chi connectivity index (χ0n) is 13.4. The van der Waals surface area contributed by atoms with Crippen LogP contribution in [0.5, 0.6) is 0 Å². The minimum absolute atomic E-state index is 0.0170. The van der Waals surface area contributed by atoms with Crippen molar-refractivity contribution in [1.82, 2.24) is 20.2 Å². The van der Waals surface area contributed by atoms with Crippen molar-refractivity contribution in [3.8, 4) is 0 Å². The van der Waals surface area contributed by atoms with Gasteiger partial charge in [-0.2, -0.15) is 13.2 Å². The van der Waals surface area contributed by atoms with Gasteiger partial charge in [-0.3, -0.25) is 4.79 Å². The second-order valence-electron chi connectivity index (χ2n) is 5.76. The van der Waals surface area contributed by atoms with Crippen molar-refractivity contribution in [2.45, 2.75) is 57.4 Å². The van der Waals surface area contributed by atoms with E-state index in [1.54, 1.807) is 0 Å². The van der Waals surface area contributed by atoms with E-state index in [4.69, 9.17) is 5.84 Å². The third-order valence-corrected chi connectivity index (χ3v) is 4.02. The minimum atomic E-state index is -4.67. The van der Waals surface area contributed by atoms with Gasteiger partial charge in [-0.25, -0.2) is 4.68 Å². The Hall–Kier alpha value is -1.45. The number of halogens is 3. The second-order valence-corrected chi connectivity index (χ2v) is 6.70. The van der Waals surface area contributed by atoms with Crippen LogP contribution in [0.3, 0.4) is 0 Å². The number of nitrogens with two attached hydrogens (primary N) is 1. The number of amides is 1. The lowest BCUT2D eigenvalue weighted by atomic mass is 10.0. The Morgan fingerprint density at radius 1 is 1.30 bits per heavy atom. The monoisotopic (exact) mass is 353 g/mol. The number of nitrogens with zero attached hydrogens (tertiary/aromatic N) is 3. The first-order valence-corrected chi connectivity index (χ1v) is 8.29. The average molecular weight is 353 g/mol. The quantitative estimate of drug-likeness (QED) is 0.554. The van der Waals surface area contributed by atoms with Crippen molar-refractivity contribution < 1.29 is 18.0 Å². The molecule has 1 heterocycles. The highest BCUT2D eigenvalue weighted by Gasteiger charge is 2.38. The number of rotatable bonds is 8. The number of hydrogen-bond donors (Lipinski definition) is 2. The van der Waals surface area contributed by atoms with Gasteiger partial charge in [0.1, 0.15) is 0 Å². The summed E-state index contributed by atoms with van der Waals surface area (Å²) < 4.78 is 37.9. The van der Waals surface area contributed by atoms with Crippen LogP contribution < -0.4 is 11.2 Å². The van der Waals surface area contributed by atoms with Crippen LogP contribution in [0.2, 0.25) is 0 Å². The van der Waals surface area contributed by atoms with Crippen molar-refractivity contribution in [2.24, 2.45) is 5.92 Å². The first-order valence-electron chi connectivity index (χ1n) is 7.31. The number of carbonyl (C=O) groups is 1. The number of aromatic nitrogens is 3. The molecule has 1 rings (SSSR count). The van der Waals surface area contributed by atoms with Crippen LogP contribution >= 0.6 is 11.8 Å². The smallest absolute Gasteiger partial charge is 0.353 e. The number of nitrogen functional groups attached to an aromatic ring is 1. The maximum atomic E-state index is 12.5. The third kappa shape index (κ3) is 6.67. The summed E-state index contributed by atoms with van der Waals surface area (Å²) >= 11 is 0.815. The summed E-state index contributed by atoms with van der Waals surface area (Å²) in [5.41, 5.74) is 0. The molecular weight excluding hydrogens is 331 g/mol. The molecule has 1 amide bonds. The summed E-state index contributed by atoms with van der Waals surface area (Å²) in [6.07, 6.45) is -1.71. The minimum Gasteiger partial charge on any atom is -0.353 e. The van der Waals surface area contributed by atoms with E-state index < -0.39 is 12.0 Å². The Bertz CT molecular complexity index is 518. The van der Waals surface area contributed by atoms with E-state index in [9.17, 15) is 18.0 Å². The van der Waals surface area contributed by atoms with Crippen LogP contribution in [0.4, 0.5) is 13.2 Å². The molecule has 1 aromatic rings. The van der Waals surface area contributed by atoms with Crippen LogP contribution in [0, 0.1) is 5.92 Å². The molecule has 0 saturated carbocycles. The summed E-state index contributed by atoms with van der Waals surface area (Å²) in [5, 5.41) is 8.99. The number of thioether (sulfide) groups is 1. The van der Waals surface area contributed by atoms with E-state index in [0.717, 1.165) is 31.0 Å². The molecule has 0 spiro atoms. The standard InChI is InChI=1S/C13H22F3N5OS/c1-8(2)5-4-6-9(3)18-10(22)7-23-12-20-19-11(21(12)17)13(14,15)16/h8-9H,4-7,17H2,1-3H3,(H,18,22). The van der Waals surface area contributed by atoms with Crippen LogP contribution in [-0.2, 0) is 11.0 Å². The molecule has 0 radical (unpaired) electrons. The molecule has 0 aliphatic carbocycles. The third-order valence-electron chi connectivity index (χ3n) is 3.08. The van der Waals surface area contributed by atoms with Crippen molar-refractivity contribution in [3.63, 3.8) is 0 Å². The Morgan fingerprint density at radius 2 is 1.96 bits per heavy atom. The Labute approximate surface area is 137 Å². The summed E-state index contributed by atoms with van der Waals surface area (Å²) in [4.78, 5) is 11.8. The van der Waals surface area contributed by atoms with Crippen molar-refractivity contribution in [2.75, 3.05) is 11.6 Å². The summed E-state index contributed by atoms with van der Waals surface area (Å²) in [5.74, 6) is 4.28. The molecular formula is C13H22F3N5OS. The van der Waals surface area contributed by atoms with E-state index in [2.05, 4.69) is 29.4 Å². The molecule has 1 atom stereocenters.